The molecule has 0 radical (unpaired) electrons. The Morgan fingerprint density at radius 2 is 1.97 bits per heavy atom. The molecule has 168 valence electrons. The van der Waals surface area contributed by atoms with Crippen molar-refractivity contribution in [2.45, 2.75) is 39.3 Å². The molecular weight excluding hydrogens is 404 g/mol. The van der Waals surface area contributed by atoms with Gasteiger partial charge in [-0.15, -0.1) is 0 Å². The van der Waals surface area contributed by atoms with E-state index in [0.29, 0.717) is 32.7 Å². The number of amides is 1. The number of methoxy groups -OCH3 is 1. The summed E-state index contributed by atoms with van der Waals surface area (Å²) < 4.78 is 13.1. The number of benzene rings is 1. The number of ether oxygens (including phenoxy) is 2. The Bertz CT molecular complexity index is 1060. The third-order valence-corrected chi connectivity index (χ3v) is 5.82. The van der Waals surface area contributed by atoms with Crippen molar-refractivity contribution >= 4 is 5.91 Å². The number of carbonyl (C=O) groups is 1. The lowest BCUT2D eigenvalue weighted by Crippen LogP contribution is -2.42. The molecule has 0 unspecified atom stereocenters. The molecule has 3 heterocycles. The van der Waals surface area contributed by atoms with Gasteiger partial charge in [0.25, 0.3) is 0 Å². The van der Waals surface area contributed by atoms with Crippen LogP contribution in [0.4, 0.5) is 0 Å². The standard InChI is InChI=1S/C25H30N4O3/c1-18-14-21(15-20-4-6-22(31-3)7-5-20)16-23(27-18)24-17-28(12-13-32-24)25(30)9-11-29-19(2)8-10-26-29/h4-8,10,14,16,24H,9,11-13,15,17H2,1-3H3/t24-/m1/s1. The van der Waals surface area contributed by atoms with E-state index >= 15 is 0 Å². The number of pyridine rings is 1. The highest BCUT2D eigenvalue weighted by Crippen LogP contribution is 2.24. The van der Waals surface area contributed by atoms with E-state index < -0.39 is 0 Å². The van der Waals surface area contributed by atoms with Gasteiger partial charge in [-0.05, 0) is 61.7 Å². The van der Waals surface area contributed by atoms with E-state index in [-0.39, 0.29) is 12.0 Å². The van der Waals surface area contributed by atoms with Gasteiger partial charge in [0.1, 0.15) is 11.9 Å². The average molecular weight is 435 g/mol. The molecule has 1 aliphatic rings. The SMILES string of the molecule is COc1ccc(Cc2cc(C)nc([C@H]3CN(C(=O)CCn4nccc4C)CCO3)c2)cc1. The van der Waals surface area contributed by atoms with Crippen LogP contribution in [0.15, 0.2) is 48.7 Å². The zero-order valence-corrected chi connectivity index (χ0v) is 19.0. The van der Waals surface area contributed by atoms with Crippen molar-refractivity contribution in [2.75, 3.05) is 26.8 Å². The van der Waals surface area contributed by atoms with Gasteiger partial charge in [0.15, 0.2) is 0 Å². The predicted molar refractivity (Wildman–Crippen MR) is 122 cm³/mol. The van der Waals surface area contributed by atoms with Crippen LogP contribution in [0.1, 0.15) is 40.7 Å². The summed E-state index contributed by atoms with van der Waals surface area (Å²) in [6, 6.07) is 14.3. The van der Waals surface area contributed by atoms with Gasteiger partial charge in [-0.25, -0.2) is 0 Å². The third kappa shape index (κ3) is 5.34. The summed E-state index contributed by atoms with van der Waals surface area (Å²) in [6.07, 6.45) is 2.78. The second-order valence-corrected chi connectivity index (χ2v) is 8.21. The van der Waals surface area contributed by atoms with Crippen LogP contribution in [0.2, 0.25) is 0 Å². The van der Waals surface area contributed by atoms with Gasteiger partial charge >= 0.3 is 0 Å². The highest BCUT2D eigenvalue weighted by molar-refractivity contribution is 5.76. The fourth-order valence-electron chi connectivity index (χ4n) is 4.06. The molecule has 0 bridgehead atoms. The van der Waals surface area contributed by atoms with Gasteiger partial charge in [0.2, 0.25) is 5.91 Å². The Kier molecular flexibility index (Phi) is 6.85. The fraction of sp³-hybridized carbons (Fsp3) is 0.400. The van der Waals surface area contributed by atoms with Gasteiger partial charge < -0.3 is 14.4 Å². The summed E-state index contributed by atoms with van der Waals surface area (Å²) in [7, 11) is 1.67. The second-order valence-electron chi connectivity index (χ2n) is 8.21. The first-order chi connectivity index (χ1) is 15.5. The summed E-state index contributed by atoms with van der Waals surface area (Å²) in [5, 5.41) is 4.26. The second kappa shape index (κ2) is 9.96. The molecule has 7 heteroatoms. The molecule has 1 amide bonds. The number of nitrogens with zero attached hydrogens (tertiary/aromatic N) is 4. The minimum absolute atomic E-state index is 0.124. The minimum Gasteiger partial charge on any atom is -0.497 e. The summed E-state index contributed by atoms with van der Waals surface area (Å²) in [5.74, 6) is 0.975. The van der Waals surface area contributed by atoms with E-state index in [1.165, 1.54) is 11.1 Å². The van der Waals surface area contributed by atoms with Crippen molar-refractivity contribution in [1.82, 2.24) is 19.7 Å². The first-order valence-electron chi connectivity index (χ1n) is 11.0. The molecule has 0 saturated carbocycles. The van der Waals surface area contributed by atoms with Crippen LogP contribution in [0.5, 0.6) is 5.75 Å². The molecule has 7 nitrogen and oxygen atoms in total. The van der Waals surface area contributed by atoms with Crippen LogP contribution in [-0.2, 0) is 22.5 Å². The van der Waals surface area contributed by atoms with Crippen LogP contribution in [0.25, 0.3) is 0 Å². The Hall–Kier alpha value is -3.19. The zero-order chi connectivity index (χ0) is 22.5. The Morgan fingerprint density at radius 3 is 2.69 bits per heavy atom. The van der Waals surface area contributed by atoms with Crippen LogP contribution in [0.3, 0.4) is 0 Å². The molecule has 0 spiro atoms. The van der Waals surface area contributed by atoms with Gasteiger partial charge in [-0.3, -0.25) is 14.5 Å². The van der Waals surface area contributed by atoms with E-state index in [1.54, 1.807) is 13.3 Å². The Morgan fingerprint density at radius 1 is 1.16 bits per heavy atom. The van der Waals surface area contributed by atoms with Gasteiger partial charge in [-0.1, -0.05) is 12.1 Å². The van der Waals surface area contributed by atoms with Crippen LogP contribution in [0, 0.1) is 13.8 Å². The average Bonchev–Trinajstić information content (AvgIpc) is 3.22. The Labute approximate surface area is 189 Å². The number of carbonyl (C=O) groups excluding carboxylic acids is 1. The molecule has 1 fully saturated rings. The molecule has 2 aromatic heterocycles. The predicted octanol–water partition coefficient (Wildman–Crippen LogP) is 3.48. The first-order valence-corrected chi connectivity index (χ1v) is 11.0. The topological polar surface area (TPSA) is 69.5 Å². The third-order valence-electron chi connectivity index (χ3n) is 5.82. The van der Waals surface area contributed by atoms with Gasteiger partial charge in [0.05, 0.1) is 26.0 Å². The largest absolute Gasteiger partial charge is 0.497 e. The molecule has 1 saturated heterocycles. The maximum absolute atomic E-state index is 12.8. The molecule has 0 aliphatic carbocycles. The number of morpholine rings is 1. The number of hydrogen-bond acceptors (Lipinski definition) is 5. The fourth-order valence-corrected chi connectivity index (χ4v) is 4.06. The highest BCUT2D eigenvalue weighted by Gasteiger charge is 2.26. The van der Waals surface area contributed by atoms with Crippen LogP contribution in [-0.4, -0.2) is 52.4 Å². The van der Waals surface area contributed by atoms with E-state index in [1.807, 2.05) is 41.6 Å². The Balaban J connectivity index is 1.42. The van der Waals surface area contributed by atoms with E-state index in [2.05, 4.69) is 29.4 Å². The van der Waals surface area contributed by atoms with Crippen molar-refractivity contribution in [3.63, 3.8) is 0 Å². The summed E-state index contributed by atoms with van der Waals surface area (Å²) in [4.78, 5) is 19.4. The van der Waals surface area contributed by atoms with Crippen molar-refractivity contribution in [3.8, 4) is 5.75 Å². The lowest BCUT2D eigenvalue weighted by molar-refractivity contribution is -0.139. The summed E-state index contributed by atoms with van der Waals surface area (Å²) >= 11 is 0. The van der Waals surface area contributed by atoms with E-state index in [0.717, 1.165) is 29.3 Å². The molecule has 1 aliphatic heterocycles. The quantitative estimate of drug-likeness (QED) is 0.569. The monoisotopic (exact) mass is 434 g/mol. The van der Waals surface area contributed by atoms with Crippen molar-refractivity contribution in [1.29, 1.82) is 0 Å². The zero-order valence-electron chi connectivity index (χ0n) is 19.0. The normalized spacial score (nSPS) is 16.2. The summed E-state index contributed by atoms with van der Waals surface area (Å²) in [6.45, 7) is 6.23. The van der Waals surface area contributed by atoms with Crippen LogP contribution >= 0.6 is 0 Å². The highest BCUT2D eigenvalue weighted by atomic mass is 16.5. The molecule has 0 N–H and O–H groups in total. The van der Waals surface area contributed by atoms with Gasteiger partial charge in [-0.2, -0.15) is 5.10 Å². The number of rotatable bonds is 7. The van der Waals surface area contributed by atoms with Crippen LogP contribution < -0.4 is 4.74 Å². The first kappa shape index (κ1) is 22.0. The van der Waals surface area contributed by atoms with Crippen molar-refractivity contribution in [2.24, 2.45) is 0 Å². The maximum atomic E-state index is 12.8. The van der Waals surface area contributed by atoms with Crippen molar-refractivity contribution in [3.05, 3.63) is 76.9 Å². The van der Waals surface area contributed by atoms with E-state index in [4.69, 9.17) is 14.5 Å². The number of hydrogen-bond donors (Lipinski definition) is 0. The smallest absolute Gasteiger partial charge is 0.224 e. The van der Waals surface area contributed by atoms with Gasteiger partial charge in [0, 0.05) is 37.1 Å². The van der Waals surface area contributed by atoms with Crippen molar-refractivity contribution < 1.29 is 14.3 Å². The molecule has 1 atom stereocenters. The lowest BCUT2D eigenvalue weighted by Gasteiger charge is -2.33. The summed E-state index contributed by atoms with van der Waals surface area (Å²) in [5.41, 5.74) is 5.28. The number of aromatic nitrogens is 3. The molecule has 32 heavy (non-hydrogen) atoms. The molecule has 4 rings (SSSR count). The van der Waals surface area contributed by atoms with E-state index in [9.17, 15) is 4.79 Å². The molecular formula is C25H30N4O3. The number of aryl methyl sites for hydroxylation is 3. The minimum atomic E-state index is -0.214. The molecule has 3 aromatic rings. The molecule has 1 aromatic carbocycles. The maximum Gasteiger partial charge on any atom is 0.224 e. The lowest BCUT2D eigenvalue weighted by atomic mass is 10.0.